The lowest BCUT2D eigenvalue weighted by molar-refractivity contribution is -0.120. The predicted octanol–water partition coefficient (Wildman–Crippen LogP) is -0.00750. The minimum absolute atomic E-state index is 0.0186. The van der Waals surface area contributed by atoms with E-state index in [2.05, 4.69) is 17.2 Å². The molecule has 1 aliphatic rings. The number of aliphatic hydroxyl groups is 1. The van der Waals surface area contributed by atoms with E-state index in [1.54, 1.807) is 29.2 Å². The Morgan fingerprint density at radius 2 is 2.05 bits per heavy atom. The minimum atomic E-state index is -0.185. The van der Waals surface area contributed by atoms with Crippen molar-refractivity contribution < 1.29 is 14.7 Å². The molecule has 20 heavy (non-hydrogen) atoms. The molecule has 2 rings (SSSR count). The van der Waals surface area contributed by atoms with Crippen LogP contribution in [0.3, 0.4) is 0 Å². The Morgan fingerprint density at radius 1 is 1.30 bits per heavy atom. The predicted molar refractivity (Wildman–Crippen MR) is 73.9 cm³/mol. The van der Waals surface area contributed by atoms with Gasteiger partial charge in [0.15, 0.2) is 0 Å². The fourth-order valence-corrected chi connectivity index (χ4v) is 1.99. The van der Waals surface area contributed by atoms with Crippen molar-refractivity contribution in [1.82, 2.24) is 10.2 Å². The highest BCUT2D eigenvalue weighted by molar-refractivity contribution is 5.94. The van der Waals surface area contributed by atoms with Gasteiger partial charge < -0.3 is 15.3 Å². The van der Waals surface area contributed by atoms with Crippen molar-refractivity contribution in [2.24, 2.45) is 0 Å². The molecule has 0 radical (unpaired) electrons. The zero-order valence-corrected chi connectivity index (χ0v) is 11.1. The fourth-order valence-electron chi connectivity index (χ4n) is 1.99. The van der Waals surface area contributed by atoms with Crippen LogP contribution in [0.25, 0.3) is 0 Å². The molecule has 5 nitrogen and oxygen atoms in total. The maximum atomic E-state index is 12.3. The average Bonchev–Trinajstić information content (AvgIpc) is 2.70. The Bertz CT molecular complexity index is 555. The van der Waals surface area contributed by atoms with Crippen LogP contribution < -0.4 is 5.32 Å². The molecule has 1 heterocycles. The summed E-state index contributed by atoms with van der Waals surface area (Å²) < 4.78 is 0. The van der Waals surface area contributed by atoms with Gasteiger partial charge in [-0.3, -0.25) is 9.59 Å². The molecule has 1 aromatic rings. The molecule has 0 aliphatic carbocycles. The van der Waals surface area contributed by atoms with Gasteiger partial charge in [0.25, 0.3) is 5.91 Å². The lowest BCUT2D eigenvalue weighted by Crippen LogP contribution is -2.34. The summed E-state index contributed by atoms with van der Waals surface area (Å²) in [6, 6.07) is 6.92. The van der Waals surface area contributed by atoms with Crippen molar-refractivity contribution in [3.63, 3.8) is 0 Å². The van der Waals surface area contributed by atoms with Crippen LogP contribution in [0.15, 0.2) is 24.3 Å². The summed E-state index contributed by atoms with van der Waals surface area (Å²) in [6.45, 7) is 1.27. The van der Waals surface area contributed by atoms with Gasteiger partial charge in [-0.2, -0.15) is 0 Å². The van der Waals surface area contributed by atoms with Crippen LogP contribution in [0, 0.1) is 11.8 Å². The van der Waals surface area contributed by atoms with E-state index in [0.29, 0.717) is 31.6 Å². The van der Waals surface area contributed by atoms with Crippen LogP contribution in [0.5, 0.6) is 0 Å². The van der Waals surface area contributed by atoms with E-state index in [1.165, 1.54) is 0 Å². The lowest BCUT2D eigenvalue weighted by atomic mass is 10.1. The van der Waals surface area contributed by atoms with Gasteiger partial charge in [0, 0.05) is 37.2 Å². The first-order chi connectivity index (χ1) is 9.70. The molecule has 0 unspecified atom stereocenters. The molecule has 0 aromatic heterocycles. The molecule has 104 valence electrons. The first kappa shape index (κ1) is 14.1. The fraction of sp³-hybridized carbons (Fsp3) is 0.333. The summed E-state index contributed by atoms with van der Waals surface area (Å²) in [7, 11) is 0. The summed E-state index contributed by atoms with van der Waals surface area (Å²) in [6.07, 6.45) is 0.339. The molecule has 1 aromatic carbocycles. The van der Waals surface area contributed by atoms with E-state index in [1.807, 2.05) is 0 Å². The van der Waals surface area contributed by atoms with E-state index in [9.17, 15) is 9.59 Å². The highest BCUT2D eigenvalue weighted by atomic mass is 16.2. The van der Waals surface area contributed by atoms with Gasteiger partial charge in [0.2, 0.25) is 5.91 Å². The molecule has 0 atom stereocenters. The van der Waals surface area contributed by atoms with E-state index < -0.39 is 0 Å². The monoisotopic (exact) mass is 272 g/mol. The Hall–Kier alpha value is -2.32. The molecule has 5 heteroatoms. The largest absolute Gasteiger partial charge is 0.384 e. The normalized spacial score (nSPS) is 14.8. The van der Waals surface area contributed by atoms with Gasteiger partial charge in [0.05, 0.1) is 0 Å². The van der Waals surface area contributed by atoms with Gasteiger partial charge in [-0.05, 0) is 24.3 Å². The second-order valence-electron chi connectivity index (χ2n) is 4.43. The number of amides is 2. The quantitative estimate of drug-likeness (QED) is 0.707. The van der Waals surface area contributed by atoms with E-state index >= 15 is 0 Å². The minimum Gasteiger partial charge on any atom is -0.384 e. The summed E-state index contributed by atoms with van der Waals surface area (Å²) >= 11 is 0. The maximum Gasteiger partial charge on any atom is 0.253 e. The van der Waals surface area contributed by atoms with Gasteiger partial charge in [-0.15, -0.1) is 0 Å². The molecule has 2 amide bonds. The molecule has 0 bridgehead atoms. The second-order valence-corrected chi connectivity index (χ2v) is 4.43. The number of hydrogen-bond donors (Lipinski definition) is 2. The molecule has 2 N–H and O–H groups in total. The van der Waals surface area contributed by atoms with E-state index in [4.69, 9.17) is 5.11 Å². The van der Waals surface area contributed by atoms with Gasteiger partial charge in [-0.1, -0.05) is 11.8 Å². The zero-order chi connectivity index (χ0) is 14.4. The first-order valence-corrected chi connectivity index (χ1v) is 6.46. The summed E-state index contributed by atoms with van der Waals surface area (Å²) in [5.74, 6) is 5.23. The SMILES string of the molecule is O=C1CCN(C(=O)c2ccc(C#CCO)cc2)CCN1. The summed E-state index contributed by atoms with van der Waals surface area (Å²) in [5, 5.41) is 11.4. The molecule has 0 spiro atoms. The molecular formula is C15H16N2O3. The highest BCUT2D eigenvalue weighted by Crippen LogP contribution is 2.08. The Kier molecular flexibility index (Phi) is 4.75. The van der Waals surface area contributed by atoms with Crippen molar-refractivity contribution in [3.05, 3.63) is 35.4 Å². The van der Waals surface area contributed by atoms with Crippen LogP contribution >= 0.6 is 0 Å². The Morgan fingerprint density at radius 3 is 2.75 bits per heavy atom. The van der Waals surface area contributed by atoms with E-state index in [-0.39, 0.29) is 18.4 Å². The van der Waals surface area contributed by atoms with Crippen LogP contribution in [0.1, 0.15) is 22.3 Å². The molecule has 0 saturated carbocycles. The highest BCUT2D eigenvalue weighted by Gasteiger charge is 2.19. The van der Waals surface area contributed by atoms with Crippen molar-refractivity contribution in [2.45, 2.75) is 6.42 Å². The molecule has 1 aliphatic heterocycles. The van der Waals surface area contributed by atoms with Crippen molar-refractivity contribution in [3.8, 4) is 11.8 Å². The third-order valence-electron chi connectivity index (χ3n) is 3.04. The standard InChI is InChI=1S/C15H16N2O3/c18-11-1-2-12-3-5-13(6-4-12)15(20)17-9-7-14(19)16-8-10-17/h3-6,18H,7-11H2,(H,16,19). The van der Waals surface area contributed by atoms with Crippen molar-refractivity contribution in [2.75, 3.05) is 26.2 Å². The number of nitrogens with one attached hydrogen (secondary N) is 1. The van der Waals surface area contributed by atoms with Crippen LogP contribution in [0.4, 0.5) is 0 Å². The lowest BCUT2D eigenvalue weighted by Gasteiger charge is -2.19. The van der Waals surface area contributed by atoms with Gasteiger partial charge in [0.1, 0.15) is 6.61 Å². The zero-order valence-electron chi connectivity index (χ0n) is 11.1. The van der Waals surface area contributed by atoms with Crippen LogP contribution in [0.2, 0.25) is 0 Å². The van der Waals surface area contributed by atoms with Crippen LogP contribution in [-0.4, -0.2) is 48.1 Å². The number of aliphatic hydroxyl groups excluding tert-OH is 1. The van der Waals surface area contributed by atoms with Gasteiger partial charge in [-0.25, -0.2) is 0 Å². The van der Waals surface area contributed by atoms with Gasteiger partial charge >= 0.3 is 0 Å². The first-order valence-electron chi connectivity index (χ1n) is 6.46. The molecule has 1 fully saturated rings. The Labute approximate surface area is 117 Å². The maximum absolute atomic E-state index is 12.3. The average molecular weight is 272 g/mol. The molecule has 1 saturated heterocycles. The number of carbonyl (C=O) groups is 2. The molecular weight excluding hydrogens is 256 g/mol. The van der Waals surface area contributed by atoms with E-state index in [0.717, 1.165) is 5.56 Å². The van der Waals surface area contributed by atoms with Crippen LogP contribution in [-0.2, 0) is 4.79 Å². The topological polar surface area (TPSA) is 69.6 Å². The van der Waals surface area contributed by atoms with Crippen molar-refractivity contribution >= 4 is 11.8 Å². The Balaban J connectivity index is 2.06. The smallest absolute Gasteiger partial charge is 0.253 e. The number of carbonyl (C=O) groups excluding carboxylic acids is 2. The number of nitrogens with zero attached hydrogens (tertiary/aromatic N) is 1. The third-order valence-corrected chi connectivity index (χ3v) is 3.04. The summed E-state index contributed by atoms with van der Waals surface area (Å²) in [5.41, 5.74) is 1.33. The number of rotatable bonds is 1. The summed E-state index contributed by atoms with van der Waals surface area (Å²) in [4.78, 5) is 25.2. The van der Waals surface area contributed by atoms with Crippen molar-refractivity contribution in [1.29, 1.82) is 0 Å². The number of hydrogen-bond acceptors (Lipinski definition) is 3. The second kappa shape index (κ2) is 6.73. The number of benzene rings is 1. The third kappa shape index (κ3) is 3.59.